The summed E-state index contributed by atoms with van der Waals surface area (Å²) in [4.78, 5) is 30.6. The number of methoxy groups -OCH3 is 1. The van der Waals surface area contributed by atoms with Gasteiger partial charge >= 0.3 is 0 Å². The lowest BCUT2D eigenvalue weighted by atomic mass is 10.1. The Kier molecular flexibility index (Phi) is 7.50. The fourth-order valence-electron chi connectivity index (χ4n) is 4.09. The Labute approximate surface area is 201 Å². The molecule has 0 bridgehead atoms. The third-order valence-electron chi connectivity index (χ3n) is 5.60. The van der Waals surface area contributed by atoms with Gasteiger partial charge in [-0.3, -0.25) is 14.5 Å². The maximum atomic E-state index is 13.7. The second-order valence-corrected chi connectivity index (χ2v) is 10.2. The largest absolute Gasteiger partial charge is 0.495 e. The van der Waals surface area contributed by atoms with Gasteiger partial charge in [-0.15, -0.1) is 22.7 Å². The molecule has 0 radical (unpaired) electrons. The maximum absolute atomic E-state index is 13.7. The predicted molar refractivity (Wildman–Crippen MR) is 131 cm³/mol. The summed E-state index contributed by atoms with van der Waals surface area (Å²) in [6.45, 7) is 0. The zero-order valence-corrected chi connectivity index (χ0v) is 20.1. The van der Waals surface area contributed by atoms with Crippen molar-refractivity contribution in [3.63, 3.8) is 0 Å². The van der Waals surface area contributed by atoms with E-state index in [4.69, 9.17) is 16.3 Å². The number of amides is 2. The van der Waals surface area contributed by atoms with Gasteiger partial charge in [0.25, 0.3) is 0 Å². The third kappa shape index (κ3) is 5.17. The molecule has 0 spiro atoms. The van der Waals surface area contributed by atoms with Crippen LogP contribution in [0.1, 0.15) is 41.5 Å². The first-order valence-corrected chi connectivity index (χ1v) is 12.7. The highest BCUT2D eigenvalue weighted by molar-refractivity contribution is 7.10. The number of rotatable bonds is 8. The fraction of sp³-hybridized carbons (Fsp3) is 0.333. The number of ether oxygens (including phenoxy) is 1. The summed E-state index contributed by atoms with van der Waals surface area (Å²) in [6, 6.07) is 12.1. The molecule has 1 fully saturated rings. The van der Waals surface area contributed by atoms with Gasteiger partial charge in [-0.2, -0.15) is 0 Å². The first-order chi connectivity index (χ1) is 15.6. The summed E-state index contributed by atoms with van der Waals surface area (Å²) in [5.41, 5.74) is 0.488. The van der Waals surface area contributed by atoms with Crippen molar-refractivity contribution in [1.82, 2.24) is 5.32 Å². The zero-order valence-electron chi connectivity index (χ0n) is 17.8. The minimum absolute atomic E-state index is 0.139. The van der Waals surface area contributed by atoms with Crippen LogP contribution in [0.25, 0.3) is 0 Å². The maximum Gasteiger partial charge on any atom is 0.248 e. The zero-order chi connectivity index (χ0) is 22.5. The molecule has 1 saturated carbocycles. The molecule has 4 rings (SSSR count). The Morgan fingerprint density at radius 3 is 2.56 bits per heavy atom. The lowest BCUT2D eigenvalue weighted by Crippen LogP contribution is -2.46. The average molecular weight is 489 g/mol. The van der Waals surface area contributed by atoms with Gasteiger partial charge in [0.1, 0.15) is 11.8 Å². The van der Waals surface area contributed by atoms with Crippen LogP contribution in [0.4, 0.5) is 5.69 Å². The van der Waals surface area contributed by atoms with Crippen LogP contribution < -0.4 is 15.0 Å². The number of halogens is 1. The highest BCUT2D eigenvalue weighted by Gasteiger charge is 2.36. The van der Waals surface area contributed by atoms with Crippen molar-refractivity contribution >= 4 is 51.8 Å². The number of thiophene rings is 2. The van der Waals surface area contributed by atoms with E-state index in [0.717, 1.165) is 35.4 Å². The molecular formula is C24H25ClN2O3S2. The molecule has 2 amide bonds. The van der Waals surface area contributed by atoms with Gasteiger partial charge in [-0.05, 0) is 53.9 Å². The van der Waals surface area contributed by atoms with Gasteiger partial charge in [-0.25, -0.2) is 0 Å². The molecule has 2 heterocycles. The van der Waals surface area contributed by atoms with Gasteiger partial charge in [0.15, 0.2) is 0 Å². The number of nitrogens with zero attached hydrogens (tertiary/aromatic N) is 1. The predicted octanol–water partition coefficient (Wildman–Crippen LogP) is 5.85. The van der Waals surface area contributed by atoms with Crippen molar-refractivity contribution in [2.24, 2.45) is 0 Å². The molecule has 3 aromatic rings. The summed E-state index contributed by atoms with van der Waals surface area (Å²) in [5.74, 6) is 0.123. The van der Waals surface area contributed by atoms with E-state index in [2.05, 4.69) is 5.32 Å². The Bertz CT molecular complexity index is 1050. The van der Waals surface area contributed by atoms with E-state index in [1.165, 1.54) is 22.7 Å². The second kappa shape index (κ2) is 10.5. The van der Waals surface area contributed by atoms with Crippen molar-refractivity contribution in [1.29, 1.82) is 0 Å². The van der Waals surface area contributed by atoms with Crippen LogP contribution in [0, 0.1) is 0 Å². The van der Waals surface area contributed by atoms with Crippen molar-refractivity contribution in [2.75, 3.05) is 12.0 Å². The van der Waals surface area contributed by atoms with Crippen LogP contribution in [-0.2, 0) is 16.0 Å². The highest BCUT2D eigenvalue weighted by atomic mass is 35.5. The summed E-state index contributed by atoms with van der Waals surface area (Å²) in [6.07, 6.45) is 4.33. The Balaban J connectivity index is 1.78. The van der Waals surface area contributed by atoms with E-state index in [9.17, 15) is 9.59 Å². The summed E-state index contributed by atoms with van der Waals surface area (Å²) in [5, 5.41) is 7.51. The topological polar surface area (TPSA) is 58.6 Å². The van der Waals surface area contributed by atoms with Crippen LogP contribution in [0.15, 0.2) is 53.2 Å². The summed E-state index contributed by atoms with van der Waals surface area (Å²) >= 11 is 9.30. The molecular weight excluding hydrogens is 464 g/mol. The molecule has 1 aromatic carbocycles. The average Bonchev–Trinajstić information content (AvgIpc) is 3.55. The van der Waals surface area contributed by atoms with E-state index in [0.29, 0.717) is 16.5 Å². The smallest absolute Gasteiger partial charge is 0.248 e. The van der Waals surface area contributed by atoms with Gasteiger partial charge in [0.05, 0.1) is 19.2 Å². The van der Waals surface area contributed by atoms with E-state index < -0.39 is 6.04 Å². The number of hydrogen-bond acceptors (Lipinski definition) is 5. The molecule has 1 aliphatic rings. The molecule has 168 valence electrons. The van der Waals surface area contributed by atoms with E-state index in [1.807, 2.05) is 35.0 Å². The van der Waals surface area contributed by atoms with Gasteiger partial charge in [0.2, 0.25) is 11.8 Å². The van der Waals surface area contributed by atoms with Crippen LogP contribution in [-0.4, -0.2) is 25.0 Å². The molecule has 0 saturated heterocycles. The van der Waals surface area contributed by atoms with Gasteiger partial charge < -0.3 is 10.1 Å². The quantitative estimate of drug-likeness (QED) is 0.433. The standard InChI is InChI=1S/C24H25ClN2O3S2/c1-30-20-11-10-16(25)14-19(20)27(22(28)15-18-8-4-12-31-18)23(21-9-5-13-32-21)24(29)26-17-6-2-3-7-17/h4-5,8-14,17,23H,2-3,6-7,15H2,1H3,(H,26,29)/t23-/m1/s1. The minimum Gasteiger partial charge on any atom is -0.495 e. The Morgan fingerprint density at radius 1 is 1.16 bits per heavy atom. The number of nitrogens with one attached hydrogen (secondary N) is 1. The molecule has 0 unspecified atom stereocenters. The molecule has 8 heteroatoms. The van der Waals surface area contributed by atoms with E-state index >= 15 is 0 Å². The molecule has 5 nitrogen and oxygen atoms in total. The number of anilines is 1. The minimum atomic E-state index is -0.810. The monoisotopic (exact) mass is 488 g/mol. The van der Waals surface area contributed by atoms with E-state index in [1.54, 1.807) is 30.2 Å². The number of carbonyl (C=O) groups excluding carboxylic acids is 2. The van der Waals surface area contributed by atoms with Gasteiger partial charge in [-0.1, -0.05) is 36.6 Å². The molecule has 2 aromatic heterocycles. The summed E-state index contributed by atoms with van der Waals surface area (Å²) < 4.78 is 5.57. The molecule has 1 aliphatic carbocycles. The van der Waals surface area contributed by atoms with Crippen molar-refractivity contribution in [3.8, 4) is 5.75 Å². The molecule has 1 N–H and O–H groups in total. The molecule has 32 heavy (non-hydrogen) atoms. The number of carbonyl (C=O) groups is 2. The molecule has 0 aliphatic heterocycles. The second-order valence-electron chi connectivity index (χ2n) is 7.74. The fourth-order valence-corrected chi connectivity index (χ4v) is 5.76. The van der Waals surface area contributed by atoms with Gasteiger partial charge in [0, 0.05) is 20.8 Å². The normalized spacial score (nSPS) is 14.8. The summed E-state index contributed by atoms with van der Waals surface area (Å²) in [7, 11) is 1.55. The SMILES string of the molecule is COc1ccc(Cl)cc1N(C(=O)Cc1cccs1)[C@@H](C(=O)NC1CCCC1)c1cccs1. The van der Waals surface area contributed by atoms with Crippen LogP contribution in [0.5, 0.6) is 5.75 Å². The van der Waals surface area contributed by atoms with Crippen molar-refractivity contribution in [3.05, 3.63) is 68.0 Å². The third-order valence-corrected chi connectivity index (χ3v) is 7.63. The Hall–Kier alpha value is -2.35. The number of hydrogen-bond donors (Lipinski definition) is 1. The lowest BCUT2D eigenvalue weighted by Gasteiger charge is -2.32. The van der Waals surface area contributed by atoms with E-state index in [-0.39, 0.29) is 24.3 Å². The Morgan fingerprint density at radius 2 is 1.91 bits per heavy atom. The number of benzene rings is 1. The van der Waals surface area contributed by atoms with Crippen LogP contribution in [0.3, 0.4) is 0 Å². The lowest BCUT2D eigenvalue weighted by molar-refractivity contribution is -0.126. The first kappa shape index (κ1) is 22.8. The first-order valence-electron chi connectivity index (χ1n) is 10.6. The van der Waals surface area contributed by atoms with Crippen molar-refractivity contribution < 1.29 is 14.3 Å². The highest BCUT2D eigenvalue weighted by Crippen LogP contribution is 2.39. The van der Waals surface area contributed by atoms with Crippen molar-refractivity contribution in [2.45, 2.75) is 44.2 Å². The molecule has 1 atom stereocenters. The van der Waals surface area contributed by atoms with Crippen LogP contribution in [0.2, 0.25) is 5.02 Å². The van der Waals surface area contributed by atoms with Crippen LogP contribution >= 0.6 is 34.3 Å².